The number of amides is 5. The first-order valence-corrected chi connectivity index (χ1v) is 11.4. The maximum Gasteiger partial charge on any atom is 0.426 e. The van der Waals surface area contributed by atoms with Crippen molar-refractivity contribution in [1.82, 2.24) is 27.0 Å². The molecule has 14 heteroatoms. The van der Waals surface area contributed by atoms with Gasteiger partial charge in [0.25, 0.3) is 5.91 Å². The van der Waals surface area contributed by atoms with Gasteiger partial charge < -0.3 is 26.3 Å². The van der Waals surface area contributed by atoms with Crippen LogP contribution < -0.4 is 38.5 Å². The van der Waals surface area contributed by atoms with Crippen molar-refractivity contribution in [1.29, 1.82) is 0 Å². The van der Waals surface area contributed by atoms with Crippen molar-refractivity contribution in [2.24, 2.45) is 11.5 Å². The number of ether oxygens (including phenoxy) is 2. The Kier molecular flexibility index (Phi) is 13.6. The van der Waals surface area contributed by atoms with Gasteiger partial charge in [-0.2, -0.15) is 0 Å². The zero-order chi connectivity index (χ0) is 27.2. The van der Waals surface area contributed by atoms with E-state index in [4.69, 9.17) is 20.9 Å². The standard InChI is InChI=1S/C21H41N7O7/c1-20(2,3)34-18(32)27-25-15(29)11-10-14(24-16(30)13(23)9-7-8-12-22)17(31)26-28-19(33)35-21(4,5)6/h13-14H,7-12,22-23H2,1-6H3,(H,24,30)(H,25,29)(H,26,31)(H,27,32)(H,28,33)/t13-,14-/m0/s1. The van der Waals surface area contributed by atoms with E-state index in [9.17, 15) is 24.0 Å². The average Bonchev–Trinajstić information content (AvgIpc) is 2.70. The van der Waals surface area contributed by atoms with Crippen LogP contribution in [-0.4, -0.2) is 59.7 Å². The Bertz CT molecular complexity index is 733. The molecule has 0 aromatic carbocycles. The van der Waals surface area contributed by atoms with E-state index in [0.717, 1.165) is 0 Å². The predicted molar refractivity (Wildman–Crippen MR) is 127 cm³/mol. The summed E-state index contributed by atoms with van der Waals surface area (Å²) in [6.07, 6.45) is -0.523. The average molecular weight is 504 g/mol. The first-order valence-electron chi connectivity index (χ1n) is 11.4. The quantitative estimate of drug-likeness (QED) is 0.155. The SMILES string of the molecule is CC(C)(C)OC(=O)NNC(=O)CC[C@H](NC(=O)[C@@H](N)CCCCN)C(=O)NNC(=O)OC(C)(C)C. The minimum atomic E-state index is -1.22. The molecule has 0 bridgehead atoms. The minimum absolute atomic E-state index is 0.162. The van der Waals surface area contributed by atoms with Gasteiger partial charge in [0.15, 0.2) is 0 Å². The zero-order valence-corrected chi connectivity index (χ0v) is 21.4. The fraction of sp³-hybridized carbons (Fsp3) is 0.762. The van der Waals surface area contributed by atoms with Crippen molar-refractivity contribution < 1.29 is 33.4 Å². The second-order valence-corrected chi connectivity index (χ2v) is 9.78. The van der Waals surface area contributed by atoms with E-state index in [1.165, 1.54) is 0 Å². The van der Waals surface area contributed by atoms with Gasteiger partial charge in [0.1, 0.15) is 17.2 Å². The fourth-order valence-corrected chi connectivity index (χ4v) is 2.45. The lowest BCUT2D eigenvalue weighted by atomic mass is 10.1. The van der Waals surface area contributed by atoms with E-state index in [1.807, 2.05) is 0 Å². The molecule has 0 saturated carbocycles. The minimum Gasteiger partial charge on any atom is -0.443 e. The summed E-state index contributed by atoms with van der Waals surface area (Å²) < 4.78 is 10.0. The summed E-state index contributed by atoms with van der Waals surface area (Å²) in [5.41, 5.74) is 18.2. The third kappa shape index (κ3) is 17.0. The molecule has 5 amide bonds. The van der Waals surface area contributed by atoms with Crippen LogP contribution in [0.25, 0.3) is 0 Å². The Morgan fingerprint density at radius 2 is 1.26 bits per heavy atom. The zero-order valence-electron chi connectivity index (χ0n) is 21.4. The Balaban J connectivity index is 4.99. The van der Waals surface area contributed by atoms with Crippen molar-refractivity contribution in [3.8, 4) is 0 Å². The lowest BCUT2D eigenvalue weighted by Crippen LogP contribution is -2.55. The summed E-state index contributed by atoms with van der Waals surface area (Å²) in [6, 6.07) is -2.11. The molecule has 0 aromatic rings. The molecule has 0 rings (SSSR count). The molecule has 202 valence electrons. The van der Waals surface area contributed by atoms with Gasteiger partial charge in [-0.1, -0.05) is 6.42 Å². The molecular formula is C21H41N7O7. The van der Waals surface area contributed by atoms with Crippen LogP contribution in [0.2, 0.25) is 0 Å². The molecule has 0 radical (unpaired) electrons. The second kappa shape index (κ2) is 15.0. The molecule has 0 aliphatic carbocycles. The highest BCUT2D eigenvalue weighted by molar-refractivity contribution is 5.90. The highest BCUT2D eigenvalue weighted by atomic mass is 16.6. The van der Waals surface area contributed by atoms with Crippen molar-refractivity contribution in [2.75, 3.05) is 6.54 Å². The van der Waals surface area contributed by atoms with Crippen molar-refractivity contribution in [2.45, 2.75) is 96.9 Å². The molecule has 14 nitrogen and oxygen atoms in total. The maximum atomic E-state index is 12.6. The molecule has 0 heterocycles. The predicted octanol–water partition coefficient (Wildman–Crippen LogP) is -0.180. The van der Waals surface area contributed by atoms with Crippen LogP contribution in [-0.2, 0) is 23.9 Å². The second-order valence-electron chi connectivity index (χ2n) is 9.78. The molecule has 0 saturated heterocycles. The third-order valence-electron chi connectivity index (χ3n) is 3.99. The van der Waals surface area contributed by atoms with Crippen LogP contribution in [0, 0.1) is 0 Å². The maximum absolute atomic E-state index is 12.6. The van der Waals surface area contributed by atoms with E-state index in [-0.39, 0.29) is 12.8 Å². The summed E-state index contributed by atoms with van der Waals surface area (Å²) in [6.45, 7) is 10.4. The number of hydrogen-bond donors (Lipinski definition) is 7. The molecule has 0 aliphatic rings. The molecule has 9 N–H and O–H groups in total. The monoisotopic (exact) mass is 503 g/mol. The molecule has 0 fully saturated rings. The van der Waals surface area contributed by atoms with Crippen LogP contribution >= 0.6 is 0 Å². The Hall–Kier alpha value is -3.13. The van der Waals surface area contributed by atoms with Gasteiger partial charge in [-0.25, -0.2) is 20.4 Å². The number of nitrogens with two attached hydrogens (primary N) is 2. The van der Waals surface area contributed by atoms with Crippen molar-refractivity contribution >= 4 is 29.9 Å². The van der Waals surface area contributed by atoms with E-state index in [2.05, 4.69) is 27.0 Å². The summed E-state index contributed by atoms with van der Waals surface area (Å²) in [5, 5.41) is 2.48. The van der Waals surface area contributed by atoms with Crippen LogP contribution in [0.3, 0.4) is 0 Å². The number of carbonyl (C=O) groups is 5. The van der Waals surface area contributed by atoms with Gasteiger partial charge in [-0.3, -0.25) is 25.2 Å². The number of unbranched alkanes of at least 4 members (excludes halogenated alkanes) is 1. The fourth-order valence-electron chi connectivity index (χ4n) is 2.45. The number of hydrogen-bond acceptors (Lipinski definition) is 9. The van der Waals surface area contributed by atoms with Gasteiger partial charge >= 0.3 is 12.2 Å². The van der Waals surface area contributed by atoms with Gasteiger partial charge in [-0.05, 0) is 67.3 Å². The smallest absolute Gasteiger partial charge is 0.426 e. The highest BCUT2D eigenvalue weighted by Gasteiger charge is 2.26. The van der Waals surface area contributed by atoms with Crippen LogP contribution in [0.1, 0.15) is 73.6 Å². The van der Waals surface area contributed by atoms with Crippen molar-refractivity contribution in [3.63, 3.8) is 0 Å². The van der Waals surface area contributed by atoms with Crippen LogP contribution in [0.5, 0.6) is 0 Å². The Morgan fingerprint density at radius 3 is 1.74 bits per heavy atom. The summed E-state index contributed by atoms with van der Waals surface area (Å²) in [5.74, 6) is -2.05. The van der Waals surface area contributed by atoms with E-state index < -0.39 is 53.2 Å². The first-order chi connectivity index (χ1) is 16.0. The lowest BCUT2D eigenvalue weighted by Gasteiger charge is -2.23. The molecule has 35 heavy (non-hydrogen) atoms. The summed E-state index contributed by atoms with van der Waals surface area (Å²) in [4.78, 5) is 60.6. The molecule has 2 atom stereocenters. The van der Waals surface area contributed by atoms with E-state index in [0.29, 0.717) is 25.8 Å². The molecule has 0 aliphatic heterocycles. The summed E-state index contributed by atoms with van der Waals surface area (Å²) >= 11 is 0. The highest BCUT2D eigenvalue weighted by Crippen LogP contribution is 2.07. The Labute approximate surface area is 205 Å². The first kappa shape index (κ1) is 31.9. The number of carbonyl (C=O) groups excluding carboxylic acids is 5. The molecule has 0 unspecified atom stereocenters. The molecular weight excluding hydrogens is 462 g/mol. The van der Waals surface area contributed by atoms with Crippen molar-refractivity contribution in [3.05, 3.63) is 0 Å². The molecule has 0 aromatic heterocycles. The van der Waals surface area contributed by atoms with Gasteiger partial charge in [-0.15, -0.1) is 0 Å². The van der Waals surface area contributed by atoms with Crippen LogP contribution in [0.15, 0.2) is 0 Å². The summed E-state index contributed by atoms with van der Waals surface area (Å²) in [7, 11) is 0. The number of nitrogens with one attached hydrogen (secondary N) is 5. The number of rotatable bonds is 10. The van der Waals surface area contributed by atoms with E-state index >= 15 is 0 Å². The largest absolute Gasteiger partial charge is 0.443 e. The number of hydrazine groups is 2. The van der Waals surface area contributed by atoms with E-state index in [1.54, 1.807) is 41.5 Å². The van der Waals surface area contributed by atoms with Crippen LogP contribution in [0.4, 0.5) is 9.59 Å². The van der Waals surface area contributed by atoms with Gasteiger partial charge in [0.05, 0.1) is 6.04 Å². The Morgan fingerprint density at radius 1 is 0.743 bits per heavy atom. The third-order valence-corrected chi connectivity index (χ3v) is 3.99. The molecule has 0 spiro atoms. The normalized spacial score (nSPS) is 13.0. The van der Waals surface area contributed by atoms with Gasteiger partial charge in [0, 0.05) is 6.42 Å². The van der Waals surface area contributed by atoms with Gasteiger partial charge in [0.2, 0.25) is 11.8 Å². The lowest BCUT2D eigenvalue weighted by molar-refractivity contribution is -0.131. The topological polar surface area (TPSA) is 216 Å².